The summed E-state index contributed by atoms with van der Waals surface area (Å²) in [4.78, 5) is 26.3. The molecule has 0 saturated heterocycles. The van der Waals surface area contributed by atoms with Crippen LogP contribution in [0, 0.1) is 5.82 Å². The molecule has 0 bridgehead atoms. The van der Waals surface area contributed by atoms with Gasteiger partial charge < -0.3 is 14.5 Å². The zero-order chi connectivity index (χ0) is 31.3. The van der Waals surface area contributed by atoms with Crippen molar-refractivity contribution in [3.63, 3.8) is 0 Å². The number of hydrogen-bond donors (Lipinski definition) is 1. The quantitative estimate of drug-likeness (QED) is 0.175. The van der Waals surface area contributed by atoms with Crippen LogP contribution in [-0.2, 0) is 11.3 Å². The number of rotatable bonds is 10. The van der Waals surface area contributed by atoms with Crippen molar-refractivity contribution in [2.45, 2.75) is 24.2 Å². The fourth-order valence-electron chi connectivity index (χ4n) is 4.85. The molecule has 0 saturated carbocycles. The summed E-state index contributed by atoms with van der Waals surface area (Å²) >= 11 is 4.65. The highest BCUT2D eigenvalue weighted by atomic mass is 79.9. The Morgan fingerprint density at radius 3 is 2.49 bits per heavy atom. The van der Waals surface area contributed by atoms with Crippen molar-refractivity contribution < 1.29 is 23.1 Å². The molecule has 1 aliphatic heterocycles. The van der Waals surface area contributed by atoms with Crippen LogP contribution in [0.4, 0.5) is 4.39 Å². The minimum atomic E-state index is -0.420. The first-order valence-electron chi connectivity index (χ1n) is 13.8. The molecule has 2 amide bonds. The maximum absolute atomic E-state index is 13.8. The van der Waals surface area contributed by atoms with Crippen LogP contribution >= 0.6 is 27.7 Å². The number of hydrogen-bond acceptors (Lipinski definition) is 8. The fraction of sp³-hybridized carbons (Fsp3) is 0.156. The highest BCUT2D eigenvalue weighted by Gasteiger charge is 2.33. The van der Waals surface area contributed by atoms with E-state index < -0.39 is 11.7 Å². The number of furan rings is 1. The molecular formula is C32H26BrFN6O4S. The van der Waals surface area contributed by atoms with E-state index in [9.17, 15) is 14.0 Å². The van der Waals surface area contributed by atoms with Crippen molar-refractivity contribution in [1.82, 2.24) is 25.1 Å². The molecule has 3 heterocycles. The number of carbonyl (C=O) groups is 2. The molecule has 1 N–H and O–H groups in total. The van der Waals surface area contributed by atoms with E-state index in [1.54, 1.807) is 35.9 Å². The SMILES string of the molecule is COc1ccc([C@@H]2CC(c3ccc(Br)cc3)=NN2C(=O)CSc2nnc(CNC(=O)c3ccco3)n2-c2ccc(F)cc2)cc1. The average Bonchev–Trinajstić information content (AvgIpc) is 3.84. The summed E-state index contributed by atoms with van der Waals surface area (Å²) in [5.74, 6) is 0.220. The number of hydrazone groups is 1. The number of amides is 2. The predicted octanol–water partition coefficient (Wildman–Crippen LogP) is 6.17. The third kappa shape index (κ3) is 6.84. The van der Waals surface area contributed by atoms with Crippen LogP contribution < -0.4 is 10.1 Å². The summed E-state index contributed by atoms with van der Waals surface area (Å²) in [5, 5.41) is 18.0. The van der Waals surface area contributed by atoms with Gasteiger partial charge in [0.15, 0.2) is 16.7 Å². The number of thioether (sulfide) groups is 1. The van der Waals surface area contributed by atoms with E-state index in [1.807, 2.05) is 48.5 Å². The second-order valence-electron chi connectivity index (χ2n) is 9.94. The molecule has 10 nitrogen and oxygen atoms in total. The van der Waals surface area contributed by atoms with E-state index >= 15 is 0 Å². The predicted molar refractivity (Wildman–Crippen MR) is 170 cm³/mol. The lowest BCUT2D eigenvalue weighted by molar-refractivity contribution is -0.130. The number of methoxy groups -OCH3 is 1. The molecule has 5 aromatic rings. The molecule has 13 heteroatoms. The molecule has 0 radical (unpaired) electrons. The van der Waals surface area contributed by atoms with Crippen molar-refractivity contribution >= 4 is 45.2 Å². The van der Waals surface area contributed by atoms with Gasteiger partial charge in [-0.05, 0) is 71.8 Å². The largest absolute Gasteiger partial charge is 0.497 e. The van der Waals surface area contributed by atoms with E-state index in [0.29, 0.717) is 23.1 Å². The lowest BCUT2D eigenvalue weighted by atomic mass is 9.98. The van der Waals surface area contributed by atoms with Crippen molar-refractivity contribution in [1.29, 1.82) is 0 Å². The van der Waals surface area contributed by atoms with Crippen molar-refractivity contribution in [2.75, 3.05) is 12.9 Å². The maximum Gasteiger partial charge on any atom is 0.287 e. The Hall–Kier alpha value is -4.75. The second-order valence-corrected chi connectivity index (χ2v) is 11.8. The maximum atomic E-state index is 13.8. The molecule has 0 aliphatic carbocycles. The highest BCUT2D eigenvalue weighted by Crippen LogP contribution is 2.35. The molecule has 45 heavy (non-hydrogen) atoms. The molecule has 228 valence electrons. The Bertz CT molecular complexity index is 1830. The van der Waals surface area contributed by atoms with Crippen LogP contribution in [0.25, 0.3) is 5.69 Å². The van der Waals surface area contributed by atoms with Gasteiger partial charge in [0.1, 0.15) is 11.6 Å². The van der Waals surface area contributed by atoms with Gasteiger partial charge in [0.05, 0.1) is 37.4 Å². The Balaban J connectivity index is 1.25. The smallest absolute Gasteiger partial charge is 0.287 e. The van der Waals surface area contributed by atoms with E-state index in [2.05, 4.69) is 31.4 Å². The normalized spacial score (nSPS) is 14.3. The number of nitrogens with zero attached hydrogens (tertiary/aromatic N) is 5. The Morgan fingerprint density at radius 1 is 1.04 bits per heavy atom. The fourth-order valence-corrected chi connectivity index (χ4v) is 5.93. The third-order valence-corrected chi connectivity index (χ3v) is 8.55. The molecule has 2 aromatic heterocycles. The van der Waals surface area contributed by atoms with Gasteiger partial charge in [0.25, 0.3) is 11.8 Å². The average molecular weight is 690 g/mol. The van der Waals surface area contributed by atoms with Crippen LogP contribution in [0.15, 0.2) is 110 Å². The lowest BCUT2D eigenvalue weighted by Crippen LogP contribution is -2.28. The third-order valence-electron chi connectivity index (χ3n) is 7.11. The minimum Gasteiger partial charge on any atom is -0.497 e. The Kier molecular flexibility index (Phi) is 9.08. The lowest BCUT2D eigenvalue weighted by Gasteiger charge is -2.22. The summed E-state index contributed by atoms with van der Waals surface area (Å²) in [6.45, 7) is 0.0188. The summed E-state index contributed by atoms with van der Waals surface area (Å²) in [5.41, 5.74) is 3.23. The summed E-state index contributed by atoms with van der Waals surface area (Å²) in [7, 11) is 1.61. The van der Waals surface area contributed by atoms with Crippen LogP contribution in [0.3, 0.4) is 0 Å². The first-order valence-corrected chi connectivity index (χ1v) is 15.6. The Labute approximate surface area is 270 Å². The van der Waals surface area contributed by atoms with Crippen LogP contribution in [0.1, 0.15) is 40.0 Å². The molecule has 0 fully saturated rings. The second kappa shape index (κ2) is 13.5. The van der Waals surface area contributed by atoms with E-state index in [0.717, 1.165) is 27.1 Å². The zero-order valence-electron chi connectivity index (χ0n) is 23.9. The van der Waals surface area contributed by atoms with Gasteiger partial charge in [-0.3, -0.25) is 14.2 Å². The molecule has 6 rings (SSSR count). The number of nitrogens with one attached hydrogen (secondary N) is 1. The van der Waals surface area contributed by atoms with Crippen molar-refractivity contribution in [2.24, 2.45) is 5.10 Å². The van der Waals surface area contributed by atoms with Gasteiger partial charge in [-0.25, -0.2) is 9.40 Å². The number of aromatic nitrogens is 3. The number of benzene rings is 3. The molecular weight excluding hydrogens is 663 g/mol. The number of ether oxygens (including phenoxy) is 1. The van der Waals surface area contributed by atoms with Crippen molar-refractivity contribution in [3.8, 4) is 11.4 Å². The van der Waals surface area contributed by atoms with Crippen LogP contribution in [0.5, 0.6) is 5.75 Å². The van der Waals surface area contributed by atoms with Crippen molar-refractivity contribution in [3.05, 3.63) is 124 Å². The standard InChI is InChI=1S/C32H26BrFN6O4S/c1-43-25-14-6-21(7-15-25)27-17-26(20-4-8-22(33)9-5-20)38-40(27)30(41)19-45-32-37-36-29(18-35-31(42)28-3-2-16-44-28)39(32)24-12-10-23(34)11-13-24/h2-16,27H,17-19H2,1H3,(H,35,42)/t27-/m0/s1. The number of halogens is 2. The topological polar surface area (TPSA) is 115 Å². The molecule has 0 unspecified atom stereocenters. The van der Waals surface area contributed by atoms with Gasteiger partial charge in [0, 0.05) is 16.6 Å². The summed E-state index contributed by atoms with van der Waals surface area (Å²) < 4.78 is 26.9. The zero-order valence-corrected chi connectivity index (χ0v) is 26.3. The number of carbonyl (C=O) groups excluding carboxylic acids is 2. The molecule has 3 aromatic carbocycles. The van der Waals surface area contributed by atoms with Gasteiger partial charge in [-0.2, -0.15) is 5.10 Å². The molecule has 1 atom stereocenters. The first-order chi connectivity index (χ1) is 21.9. The van der Waals surface area contributed by atoms with Crippen LogP contribution in [0.2, 0.25) is 0 Å². The van der Waals surface area contributed by atoms with Gasteiger partial charge in [-0.15, -0.1) is 10.2 Å². The summed E-state index contributed by atoms with van der Waals surface area (Å²) in [6.07, 6.45) is 1.95. The Morgan fingerprint density at radius 2 is 1.80 bits per heavy atom. The monoisotopic (exact) mass is 688 g/mol. The van der Waals surface area contributed by atoms with Gasteiger partial charge in [-0.1, -0.05) is 52.0 Å². The first kappa shape index (κ1) is 30.3. The molecule has 0 spiro atoms. The summed E-state index contributed by atoms with van der Waals surface area (Å²) in [6, 6.07) is 24.1. The van der Waals surface area contributed by atoms with Crippen LogP contribution in [-0.4, -0.2) is 50.2 Å². The van der Waals surface area contributed by atoms with Gasteiger partial charge >= 0.3 is 0 Å². The van der Waals surface area contributed by atoms with E-state index in [-0.39, 0.29) is 30.0 Å². The van der Waals surface area contributed by atoms with E-state index in [1.165, 1.54) is 35.2 Å². The molecule has 1 aliphatic rings. The minimum absolute atomic E-state index is 0.00184. The van der Waals surface area contributed by atoms with Gasteiger partial charge in [0.2, 0.25) is 0 Å². The highest BCUT2D eigenvalue weighted by molar-refractivity contribution is 9.10. The van der Waals surface area contributed by atoms with E-state index in [4.69, 9.17) is 14.3 Å².